The lowest BCUT2D eigenvalue weighted by Gasteiger charge is -2.44. The predicted molar refractivity (Wildman–Crippen MR) is 185 cm³/mol. The van der Waals surface area contributed by atoms with Crippen LogP contribution in [0.2, 0.25) is 0 Å². The summed E-state index contributed by atoms with van der Waals surface area (Å²) in [5.74, 6) is -10.8. The van der Waals surface area contributed by atoms with Gasteiger partial charge in [-0.05, 0) is 63.1 Å². The van der Waals surface area contributed by atoms with Gasteiger partial charge >= 0.3 is 0 Å². The maximum absolute atomic E-state index is 14.8. The summed E-state index contributed by atoms with van der Waals surface area (Å²) in [5, 5.41) is 87.7. The molecule has 12 heteroatoms. The van der Waals surface area contributed by atoms with Crippen molar-refractivity contribution in [3.63, 3.8) is 0 Å². The van der Waals surface area contributed by atoms with Gasteiger partial charge in [-0.1, -0.05) is 29.4 Å². The molecule has 4 aromatic rings. The number of fused-ring (bicyclic) bond motifs is 4. The zero-order valence-electron chi connectivity index (χ0n) is 28.3. The Labute approximate surface area is 297 Å². The summed E-state index contributed by atoms with van der Waals surface area (Å²) < 4.78 is 12.6. The molecule has 7 rings (SSSR count). The molecule has 8 N–H and O–H groups in total. The Hall–Kier alpha value is -6.14. The summed E-state index contributed by atoms with van der Waals surface area (Å²) in [6.45, 7) is 5.32. The number of hydrogen-bond acceptors (Lipinski definition) is 12. The van der Waals surface area contributed by atoms with Gasteiger partial charge in [0.25, 0.3) is 5.79 Å². The van der Waals surface area contributed by atoms with E-state index in [1.54, 1.807) is 32.9 Å². The lowest BCUT2D eigenvalue weighted by Crippen LogP contribution is -2.62. The minimum atomic E-state index is -2.57. The third-order valence-corrected chi connectivity index (χ3v) is 10.2. The molecule has 12 nitrogen and oxygen atoms in total. The standard InChI is InChI=1S/C40H36O12/c1-18(2)10-11-39-38(49)35-31(47)17-30(46)34(37(35)52-40(39,50)27-9-6-22(43)16-32(27)51-39)26-13-19(3)12-25(23-7-4-20(41)14-28(23)44)33(26)36(48)24-8-5-21(42)15-29(24)45/h4-10,13-17,25-26,33,41-47,50H,11-12H2,1-3H3/t25-,26-,33-,39+,40+/m0/s1. The lowest BCUT2D eigenvalue weighted by atomic mass is 9.64. The highest BCUT2D eigenvalue weighted by molar-refractivity contribution is 6.10. The smallest absolute Gasteiger partial charge is 0.286 e. The van der Waals surface area contributed by atoms with Crippen LogP contribution in [-0.2, 0) is 5.79 Å². The number of aromatic hydroxyl groups is 7. The van der Waals surface area contributed by atoms with Crippen molar-refractivity contribution in [1.29, 1.82) is 0 Å². The van der Waals surface area contributed by atoms with Gasteiger partial charge in [-0.3, -0.25) is 9.59 Å². The summed E-state index contributed by atoms with van der Waals surface area (Å²) >= 11 is 0. The molecule has 0 unspecified atom stereocenters. The van der Waals surface area contributed by atoms with E-state index in [4.69, 9.17) is 9.47 Å². The monoisotopic (exact) mass is 708 g/mol. The fraction of sp³-hybridized carbons (Fsp3) is 0.250. The van der Waals surface area contributed by atoms with Crippen molar-refractivity contribution < 1.29 is 59.9 Å². The van der Waals surface area contributed by atoms with Crippen molar-refractivity contribution in [3.05, 3.63) is 112 Å². The summed E-state index contributed by atoms with van der Waals surface area (Å²) in [6.07, 6.45) is 3.30. The van der Waals surface area contributed by atoms with Gasteiger partial charge in [-0.25, -0.2) is 0 Å². The fourth-order valence-electron chi connectivity index (χ4n) is 7.82. The molecule has 52 heavy (non-hydrogen) atoms. The van der Waals surface area contributed by atoms with Crippen LogP contribution in [0.15, 0.2) is 84.0 Å². The summed E-state index contributed by atoms with van der Waals surface area (Å²) in [6, 6.07) is 12.1. The molecule has 0 bridgehead atoms. The van der Waals surface area contributed by atoms with Crippen LogP contribution < -0.4 is 9.47 Å². The minimum Gasteiger partial charge on any atom is -0.508 e. The molecular formula is C40H36O12. The van der Waals surface area contributed by atoms with E-state index in [0.29, 0.717) is 5.57 Å². The lowest BCUT2D eigenvalue weighted by molar-refractivity contribution is -0.221. The highest BCUT2D eigenvalue weighted by Crippen LogP contribution is 2.61. The first kappa shape index (κ1) is 34.3. The maximum atomic E-state index is 14.8. The van der Waals surface area contributed by atoms with E-state index in [-0.39, 0.29) is 63.8 Å². The summed E-state index contributed by atoms with van der Waals surface area (Å²) in [7, 11) is 0. The van der Waals surface area contributed by atoms with Crippen molar-refractivity contribution in [2.24, 2.45) is 5.92 Å². The number of ketones is 2. The Bertz CT molecular complexity index is 2250. The van der Waals surface area contributed by atoms with Gasteiger partial charge in [0.05, 0.1) is 11.1 Å². The minimum absolute atomic E-state index is 0.0101. The highest BCUT2D eigenvalue weighted by atomic mass is 16.7. The zero-order valence-corrected chi connectivity index (χ0v) is 28.3. The van der Waals surface area contributed by atoms with Crippen molar-refractivity contribution in [2.75, 3.05) is 0 Å². The molecule has 4 aromatic carbocycles. The first-order chi connectivity index (χ1) is 24.6. The van der Waals surface area contributed by atoms with Gasteiger partial charge in [0.1, 0.15) is 57.3 Å². The van der Waals surface area contributed by atoms with Gasteiger partial charge in [0.15, 0.2) is 5.78 Å². The van der Waals surface area contributed by atoms with E-state index in [9.17, 15) is 50.4 Å². The third-order valence-electron chi connectivity index (χ3n) is 10.2. The SMILES string of the molecule is CC(C)=CC[C@]12Oc3cc(O)ccc3[C@@]1(O)Oc1c(c(O)cc(O)c1[C@H]1C=C(C)C[C@@H](c3ccc(O)cc3O)[C@@H]1C(=O)c1ccc(O)cc1O)C2=O. The van der Waals surface area contributed by atoms with Crippen LogP contribution >= 0.6 is 0 Å². The number of carbonyl (C=O) groups is 2. The average molecular weight is 709 g/mol. The van der Waals surface area contributed by atoms with E-state index in [1.165, 1.54) is 42.5 Å². The van der Waals surface area contributed by atoms with Gasteiger partial charge in [0.2, 0.25) is 11.4 Å². The Balaban J connectivity index is 1.49. The second-order valence-electron chi connectivity index (χ2n) is 13.9. The number of aliphatic hydroxyl groups is 1. The number of rotatable bonds is 6. The van der Waals surface area contributed by atoms with Crippen LogP contribution in [0.1, 0.15) is 82.9 Å². The number of carbonyl (C=O) groups excluding carboxylic acids is 2. The zero-order chi connectivity index (χ0) is 37.4. The second-order valence-corrected chi connectivity index (χ2v) is 13.9. The topological polar surface area (TPSA) is 214 Å². The van der Waals surface area contributed by atoms with Crippen LogP contribution in [0.5, 0.6) is 51.7 Å². The van der Waals surface area contributed by atoms with Gasteiger partial charge < -0.3 is 50.3 Å². The van der Waals surface area contributed by atoms with Gasteiger partial charge in [-0.15, -0.1) is 0 Å². The van der Waals surface area contributed by atoms with Crippen LogP contribution in [-0.4, -0.2) is 58.0 Å². The number of phenolic OH excluding ortho intramolecular Hbond substituents is 7. The molecule has 0 fully saturated rings. The van der Waals surface area contributed by atoms with Crippen molar-refractivity contribution in [3.8, 4) is 51.7 Å². The average Bonchev–Trinajstić information content (AvgIpc) is 3.30. The van der Waals surface area contributed by atoms with Gasteiger partial charge in [-0.2, -0.15) is 0 Å². The maximum Gasteiger partial charge on any atom is 0.286 e. The third kappa shape index (κ3) is 5.09. The molecule has 1 aliphatic carbocycles. The molecular weight excluding hydrogens is 672 g/mol. The number of ether oxygens (including phenoxy) is 2. The molecule has 0 saturated carbocycles. The molecule has 268 valence electrons. The second kappa shape index (κ2) is 12.0. The van der Waals surface area contributed by atoms with Crippen LogP contribution in [0, 0.1) is 5.92 Å². The molecule has 0 aromatic heterocycles. The van der Waals surface area contributed by atoms with Crippen LogP contribution in [0.3, 0.4) is 0 Å². The molecule has 0 saturated heterocycles. The van der Waals surface area contributed by atoms with E-state index < -0.39 is 69.3 Å². The Morgan fingerprint density at radius 3 is 2.15 bits per heavy atom. The van der Waals surface area contributed by atoms with Crippen molar-refractivity contribution in [1.82, 2.24) is 0 Å². The number of phenols is 7. The Kier molecular flexibility index (Phi) is 7.91. The molecule has 0 amide bonds. The Morgan fingerprint density at radius 1 is 0.827 bits per heavy atom. The quantitative estimate of drug-likeness (QED) is 0.0824. The number of hydrogen-bond donors (Lipinski definition) is 8. The first-order valence-corrected chi connectivity index (χ1v) is 16.5. The van der Waals surface area contributed by atoms with E-state index in [1.807, 2.05) is 0 Å². The Morgan fingerprint density at radius 2 is 1.48 bits per heavy atom. The molecule has 0 radical (unpaired) electrons. The van der Waals surface area contributed by atoms with E-state index in [0.717, 1.165) is 23.8 Å². The van der Waals surface area contributed by atoms with Crippen molar-refractivity contribution >= 4 is 11.6 Å². The summed E-state index contributed by atoms with van der Waals surface area (Å²) in [5.41, 5.74) is -1.26. The molecule has 2 aliphatic heterocycles. The fourth-order valence-corrected chi connectivity index (χ4v) is 7.82. The number of allylic oxidation sites excluding steroid dienone is 3. The van der Waals surface area contributed by atoms with Crippen LogP contribution in [0.4, 0.5) is 0 Å². The molecule has 2 heterocycles. The number of benzene rings is 4. The first-order valence-electron chi connectivity index (χ1n) is 16.5. The van der Waals surface area contributed by atoms with E-state index in [2.05, 4.69) is 0 Å². The van der Waals surface area contributed by atoms with Crippen LogP contribution in [0.25, 0.3) is 0 Å². The molecule has 3 aliphatic rings. The normalized spacial score (nSPS) is 24.4. The van der Waals surface area contributed by atoms with E-state index >= 15 is 0 Å². The molecule has 0 spiro atoms. The van der Waals surface area contributed by atoms with Gasteiger partial charge in [0, 0.05) is 54.0 Å². The summed E-state index contributed by atoms with van der Waals surface area (Å²) in [4.78, 5) is 29.5. The van der Waals surface area contributed by atoms with Crippen molar-refractivity contribution in [2.45, 2.75) is 56.8 Å². The number of Topliss-reactive ketones (excluding diaryl/α,β-unsaturated/α-hetero) is 2. The largest absolute Gasteiger partial charge is 0.508 e. The molecule has 5 atom stereocenters. The predicted octanol–water partition coefficient (Wildman–Crippen LogP) is 6.25. The highest BCUT2D eigenvalue weighted by Gasteiger charge is 2.70.